The molecule has 2 nitrogen and oxygen atoms in total. The largest absolute Gasteiger partial charge is 0.271 e. The molecule has 1 aromatic heterocycles. The molecule has 19 heavy (non-hydrogen) atoms. The Labute approximate surface area is 127 Å². The molecule has 1 aromatic carbocycles. The Bertz CT molecular complexity index is 561. The number of nitrogens with one attached hydrogen (secondary N) is 1. The highest BCUT2D eigenvalue weighted by Crippen LogP contribution is 2.36. The Balaban J connectivity index is 2.26. The Kier molecular flexibility index (Phi) is 4.87. The van der Waals surface area contributed by atoms with Gasteiger partial charge in [-0.3, -0.25) is 11.3 Å². The van der Waals surface area contributed by atoms with E-state index >= 15 is 0 Å². The van der Waals surface area contributed by atoms with Gasteiger partial charge in [0, 0.05) is 5.56 Å². The maximum Gasteiger partial charge on any atom is 0.0992 e. The van der Waals surface area contributed by atoms with Crippen LogP contribution in [0.1, 0.15) is 28.3 Å². The third-order valence-corrected chi connectivity index (χ3v) is 4.50. The number of hydrogen-bond acceptors (Lipinski definition) is 3. The fraction of sp³-hybridized carbons (Fsp3) is 0.286. The number of aryl methyl sites for hydroxylation is 2. The van der Waals surface area contributed by atoms with Gasteiger partial charge in [-0.2, -0.15) is 0 Å². The van der Waals surface area contributed by atoms with Crippen molar-refractivity contribution in [3.8, 4) is 0 Å². The number of hydrogen-bond donors (Lipinski definition) is 2. The minimum absolute atomic E-state index is 0.0301. The summed E-state index contributed by atoms with van der Waals surface area (Å²) < 4.78 is 1.37. The zero-order valence-electron chi connectivity index (χ0n) is 10.8. The van der Waals surface area contributed by atoms with Crippen molar-refractivity contribution in [3.05, 3.63) is 55.2 Å². The topological polar surface area (TPSA) is 38.0 Å². The maximum absolute atomic E-state index is 6.19. The van der Waals surface area contributed by atoms with E-state index in [-0.39, 0.29) is 6.04 Å². The molecule has 1 unspecified atom stereocenters. The van der Waals surface area contributed by atoms with E-state index in [9.17, 15) is 0 Å². The first kappa shape index (κ1) is 14.8. The van der Waals surface area contributed by atoms with Crippen molar-refractivity contribution in [1.82, 2.24) is 5.43 Å². The molecule has 0 spiro atoms. The highest BCUT2D eigenvalue weighted by atomic mass is 35.5. The molecule has 1 heterocycles. The summed E-state index contributed by atoms with van der Waals surface area (Å²) in [6, 6.07) is 8.33. The van der Waals surface area contributed by atoms with E-state index in [1.54, 1.807) is 0 Å². The van der Waals surface area contributed by atoms with Crippen molar-refractivity contribution >= 4 is 34.5 Å². The molecule has 2 rings (SSSR count). The zero-order valence-corrected chi connectivity index (χ0v) is 13.2. The molecule has 0 saturated heterocycles. The average Bonchev–Trinajstić information content (AvgIpc) is 2.64. The minimum Gasteiger partial charge on any atom is -0.271 e. The lowest BCUT2D eigenvalue weighted by Gasteiger charge is -2.16. The number of rotatable bonds is 4. The fourth-order valence-electron chi connectivity index (χ4n) is 2.27. The summed E-state index contributed by atoms with van der Waals surface area (Å²) in [4.78, 5) is 0. The first-order valence-corrected chi connectivity index (χ1v) is 7.55. The average molecular weight is 315 g/mol. The first-order chi connectivity index (χ1) is 8.99. The molecule has 0 bridgehead atoms. The molecule has 1 atom stereocenters. The Morgan fingerprint density at radius 1 is 1.16 bits per heavy atom. The molecule has 5 heteroatoms. The van der Waals surface area contributed by atoms with Crippen LogP contribution < -0.4 is 11.3 Å². The van der Waals surface area contributed by atoms with E-state index in [2.05, 4.69) is 37.5 Å². The molecule has 2 aromatic rings. The van der Waals surface area contributed by atoms with Gasteiger partial charge in [0.1, 0.15) is 0 Å². The second-order valence-corrected chi connectivity index (χ2v) is 6.98. The quantitative estimate of drug-likeness (QED) is 0.647. The molecular weight excluding hydrogens is 299 g/mol. The van der Waals surface area contributed by atoms with Gasteiger partial charge in [-0.1, -0.05) is 52.5 Å². The maximum atomic E-state index is 6.19. The van der Waals surface area contributed by atoms with Gasteiger partial charge >= 0.3 is 0 Å². The highest BCUT2D eigenvalue weighted by Gasteiger charge is 2.17. The van der Waals surface area contributed by atoms with E-state index in [0.717, 1.165) is 12.0 Å². The van der Waals surface area contributed by atoms with Crippen molar-refractivity contribution in [2.75, 3.05) is 0 Å². The SMILES string of the molecule is Cc1cc(C)cc(CC(NN)c2cc(Cl)sc2Cl)c1. The first-order valence-electron chi connectivity index (χ1n) is 5.97. The van der Waals surface area contributed by atoms with Gasteiger partial charge in [0.2, 0.25) is 0 Å². The Morgan fingerprint density at radius 3 is 2.26 bits per heavy atom. The van der Waals surface area contributed by atoms with E-state index in [1.807, 2.05) is 6.07 Å². The molecule has 3 N–H and O–H groups in total. The summed E-state index contributed by atoms with van der Waals surface area (Å²) in [7, 11) is 0. The zero-order chi connectivity index (χ0) is 14.0. The molecular formula is C14H16Cl2N2S. The van der Waals surface area contributed by atoms with Crippen molar-refractivity contribution in [1.29, 1.82) is 0 Å². The van der Waals surface area contributed by atoms with E-state index in [0.29, 0.717) is 8.67 Å². The molecule has 0 saturated carbocycles. The number of halogens is 2. The monoisotopic (exact) mass is 314 g/mol. The molecule has 0 aliphatic rings. The predicted octanol–water partition coefficient (Wildman–Crippen LogP) is 4.42. The van der Waals surface area contributed by atoms with Crippen molar-refractivity contribution in [2.45, 2.75) is 26.3 Å². The van der Waals surface area contributed by atoms with Crippen LogP contribution in [0.2, 0.25) is 8.67 Å². The summed E-state index contributed by atoms with van der Waals surface area (Å²) in [5.74, 6) is 5.66. The van der Waals surface area contributed by atoms with Crippen LogP contribution in [0.4, 0.5) is 0 Å². The Hall–Kier alpha value is -0.580. The van der Waals surface area contributed by atoms with Crippen LogP contribution >= 0.6 is 34.5 Å². The van der Waals surface area contributed by atoms with E-state index in [4.69, 9.17) is 29.0 Å². The van der Waals surface area contributed by atoms with Crippen LogP contribution in [-0.4, -0.2) is 0 Å². The second kappa shape index (κ2) is 6.25. The summed E-state index contributed by atoms with van der Waals surface area (Å²) in [6.45, 7) is 4.19. The third-order valence-electron chi connectivity index (χ3n) is 2.98. The highest BCUT2D eigenvalue weighted by molar-refractivity contribution is 7.20. The number of thiophene rings is 1. The van der Waals surface area contributed by atoms with Gasteiger partial charge in [-0.25, -0.2) is 0 Å². The van der Waals surface area contributed by atoms with Crippen molar-refractivity contribution < 1.29 is 0 Å². The summed E-state index contributed by atoms with van der Waals surface area (Å²) in [6.07, 6.45) is 0.784. The molecule has 102 valence electrons. The summed E-state index contributed by atoms with van der Waals surface area (Å²) in [5, 5.41) is 0. The summed E-state index contributed by atoms with van der Waals surface area (Å²) >= 11 is 13.5. The molecule has 0 aliphatic carbocycles. The minimum atomic E-state index is -0.0301. The standard InChI is InChI=1S/C14H16Cl2N2S/c1-8-3-9(2)5-10(4-8)6-12(18-17)11-7-13(15)19-14(11)16/h3-5,7,12,18H,6,17H2,1-2H3. The predicted molar refractivity (Wildman–Crippen MR) is 84.0 cm³/mol. The summed E-state index contributed by atoms with van der Waals surface area (Å²) in [5.41, 5.74) is 7.52. The van der Waals surface area contributed by atoms with Gasteiger partial charge in [0.25, 0.3) is 0 Å². The van der Waals surface area contributed by atoms with Gasteiger partial charge in [0.15, 0.2) is 0 Å². The smallest absolute Gasteiger partial charge is 0.0992 e. The van der Waals surface area contributed by atoms with E-state index in [1.165, 1.54) is 28.0 Å². The van der Waals surface area contributed by atoms with Gasteiger partial charge in [0.05, 0.1) is 14.7 Å². The van der Waals surface area contributed by atoms with Crippen molar-refractivity contribution in [3.63, 3.8) is 0 Å². The second-order valence-electron chi connectivity index (χ2n) is 4.70. The normalized spacial score (nSPS) is 12.7. The number of hydrazine groups is 1. The van der Waals surface area contributed by atoms with Crippen LogP contribution in [-0.2, 0) is 6.42 Å². The van der Waals surface area contributed by atoms with Crippen LogP contribution in [0.3, 0.4) is 0 Å². The number of nitrogens with two attached hydrogens (primary N) is 1. The van der Waals surface area contributed by atoms with Crippen LogP contribution in [0.5, 0.6) is 0 Å². The van der Waals surface area contributed by atoms with Gasteiger partial charge in [-0.15, -0.1) is 11.3 Å². The fourth-order valence-corrected chi connectivity index (χ4v) is 3.85. The van der Waals surface area contributed by atoms with Crippen molar-refractivity contribution in [2.24, 2.45) is 5.84 Å². The van der Waals surface area contributed by atoms with Crippen LogP contribution in [0.15, 0.2) is 24.3 Å². The lowest BCUT2D eigenvalue weighted by Crippen LogP contribution is -2.29. The molecule has 0 aliphatic heterocycles. The van der Waals surface area contributed by atoms with E-state index < -0.39 is 0 Å². The number of benzene rings is 1. The molecule has 0 fully saturated rings. The molecule has 0 amide bonds. The molecule has 0 radical (unpaired) electrons. The van der Waals surface area contributed by atoms with Crippen LogP contribution in [0.25, 0.3) is 0 Å². The lowest BCUT2D eigenvalue weighted by atomic mass is 9.98. The Morgan fingerprint density at radius 2 is 1.79 bits per heavy atom. The van der Waals surface area contributed by atoms with Gasteiger partial charge < -0.3 is 0 Å². The lowest BCUT2D eigenvalue weighted by molar-refractivity contribution is 0.553. The van der Waals surface area contributed by atoms with Crippen LogP contribution in [0, 0.1) is 13.8 Å². The third kappa shape index (κ3) is 3.71. The van der Waals surface area contributed by atoms with Gasteiger partial charge in [-0.05, 0) is 31.9 Å².